The molecule has 0 amide bonds. The molecule has 0 fully saturated rings. The van der Waals surface area contributed by atoms with Crippen LogP contribution in [-0.4, -0.2) is 0 Å². The topological polar surface area (TPSA) is 16.4 Å². The zero-order chi connectivity index (χ0) is 36.0. The Morgan fingerprint density at radius 3 is 1.61 bits per heavy atom. The average molecular weight is 710 g/mol. The molecule has 10 aromatic rings. The number of hydrogen-bond acceptors (Lipinski definition) is 3. The molecule has 2 nitrogen and oxygen atoms in total. The summed E-state index contributed by atoms with van der Waals surface area (Å²) in [5.41, 5.74) is 15.4. The predicted octanol–water partition coefficient (Wildman–Crippen LogP) is 15.1. The van der Waals surface area contributed by atoms with E-state index in [9.17, 15) is 0 Å². The minimum atomic E-state index is -0.162. The summed E-state index contributed by atoms with van der Waals surface area (Å²) < 4.78 is 8.85. The van der Waals surface area contributed by atoms with Crippen LogP contribution >= 0.6 is 11.3 Å². The van der Waals surface area contributed by atoms with Gasteiger partial charge in [-0.05, 0) is 129 Å². The number of hydrogen-bond donors (Lipinski definition) is 0. The van der Waals surface area contributed by atoms with Gasteiger partial charge in [0.15, 0.2) is 0 Å². The van der Waals surface area contributed by atoms with Gasteiger partial charge in [-0.2, -0.15) is 0 Å². The van der Waals surface area contributed by atoms with E-state index < -0.39 is 0 Å². The molecule has 0 saturated heterocycles. The lowest BCUT2D eigenvalue weighted by atomic mass is 9.81. The predicted molar refractivity (Wildman–Crippen MR) is 230 cm³/mol. The average Bonchev–Trinajstić information content (AvgIpc) is 3.85. The highest BCUT2D eigenvalue weighted by Gasteiger charge is 2.36. The molecule has 0 radical (unpaired) electrons. The zero-order valence-corrected chi connectivity index (χ0v) is 30.8. The summed E-state index contributed by atoms with van der Waals surface area (Å²) in [4.78, 5) is 2.35. The molecule has 0 bridgehead atoms. The van der Waals surface area contributed by atoms with Gasteiger partial charge in [0.25, 0.3) is 0 Å². The van der Waals surface area contributed by atoms with Gasteiger partial charge < -0.3 is 9.32 Å². The van der Waals surface area contributed by atoms with Gasteiger partial charge in [-0.3, -0.25) is 0 Å². The van der Waals surface area contributed by atoms with Crippen molar-refractivity contribution in [3.63, 3.8) is 0 Å². The molecule has 0 atom stereocenters. The monoisotopic (exact) mass is 709 g/mol. The number of anilines is 3. The lowest BCUT2D eigenvalue weighted by Gasteiger charge is -2.28. The minimum Gasteiger partial charge on any atom is -0.456 e. The number of benzene rings is 8. The van der Waals surface area contributed by atoms with Crippen molar-refractivity contribution in [1.82, 2.24) is 0 Å². The molecular weight excluding hydrogens is 675 g/mol. The Kier molecular flexibility index (Phi) is 6.80. The van der Waals surface area contributed by atoms with Gasteiger partial charge in [0, 0.05) is 53.4 Å². The van der Waals surface area contributed by atoms with Crippen LogP contribution in [-0.2, 0) is 5.41 Å². The van der Waals surface area contributed by atoms with Crippen molar-refractivity contribution in [2.24, 2.45) is 0 Å². The normalized spacial score (nSPS) is 13.1. The number of fused-ring (bicyclic) bond motifs is 9. The SMILES string of the molecule is CC1(C)c2cc(-c3ccc4sc5ccc(-c6ccc7c(c6)oc6ccccc67)cc5c4c3)ccc2-c2ccc(N(c3ccccc3)c3ccccc3)cc21. The van der Waals surface area contributed by atoms with Crippen LogP contribution in [0.15, 0.2) is 180 Å². The Hall–Kier alpha value is -6.42. The second-order valence-corrected chi connectivity index (χ2v) is 16.0. The van der Waals surface area contributed by atoms with E-state index >= 15 is 0 Å². The number of rotatable bonds is 5. The fraction of sp³-hybridized carbons (Fsp3) is 0.0588. The molecular formula is C51H35NOS. The molecule has 0 aliphatic heterocycles. The highest BCUT2D eigenvalue weighted by Crippen LogP contribution is 2.52. The molecule has 2 heterocycles. The van der Waals surface area contributed by atoms with E-state index in [1.54, 1.807) is 0 Å². The molecule has 0 N–H and O–H groups in total. The van der Waals surface area contributed by atoms with Crippen LogP contribution in [0.5, 0.6) is 0 Å². The molecule has 1 aliphatic rings. The van der Waals surface area contributed by atoms with Gasteiger partial charge in [0.05, 0.1) is 0 Å². The summed E-state index contributed by atoms with van der Waals surface area (Å²) in [6, 6.07) is 64.1. The van der Waals surface area contributed by atoms with Crippen LogP contribution in [0.3, 0.4) is 0 Å². The third-order valence-electron chi connectivity index (χ3n) is 11.5. The number of thiophene rings is 1. The first-order valence-electron chi connectivity index (χ1n) is 18.6. The van der Waals surface area contributed by atoms with Gasteiger partial charge in [-0.25, -0.2) is 0 Å². The van der Waals surface area contributed by atoms with Crippen molar-refractivity contribution in [2.75, 3.05) is 4.90 Å². The third kappa shape index (κ3) is 4.79. The van der Waals surface area contributed by atoms with Crippen LogP contribution in [0.25, 0.3) is 75.5 Å². The molecule has 2 aromatic heterocycles. The third-order valence-corrected chi connectivity index (χ3v) is 12.6. The molecule has 1 aliphatic carbocycles. The largest absolute Gasteiger partial charge is 0.456 e. The maximum Gasteiger partial charge on any atom is 0.136 e. The zero-order valence-electron chi connectivity index (χ0n) is 30.0. The van der Waals surface area contributed by atoms with Gasteiger partial charge >= 0.3 is 0 Å². The molecule has 54 heavy (non-hydrogen) atoms. The van der Waals surface area contributed by atoms with Crippen LogP contribution < -0.4 is 4.90 Å². The van der Waals surface area contributed by atoms with Crippen molar-refractivity contribution in [1.29, 1.82) is 0 Å². The van der Waals surface area contributed by atoms with E-state index in [1.807, 2.05) is 23.5 Å². The fourth-order valence-electron chi connectivity index (χ4n) is 8.69. The second kappa shape index (κ2) is 11.8. The highest BCUT2D eigenvalue weighted by molar-refractivity contribution is 7.25. The second-order valence-electron chi connectivity index (χ2n) is 15.0. The lowest BCUT2D eigenvalue weighted by molar-refractivity contribution is 0.660. The van der Waals surface area contributed by atoms with Gasteiger partial charge in [0.2, 0.25) is 0 Å². The van der Waals surface area contributed by atoms with Gasteiger partial charge in [0.1, 0.15) is 11.2 Å². The molecule has 8 aromatic carbocycles. The minimum absolute atomic E-state index is 0.162. The Bertz CT molecular complexity index is 3040. The first-order valence-corrected chi connectivity index (χ1v) is 19.4. The van der Waals surface area contributed by atoms with Crippen molar-refractivity contribution in [3.8, 4) is 33.4 Å². The molecule has 0 spiro atoms. The molecule has 0 saturated carbocycles. The van der Waals surface area contributed by atoms with E-state index in [0.717, 1.165) is 38.9 Å². The molecule has 11 rings (SSSR count). The maximum atomic E-state index is 6.24. The van der Waals surface area contributed by atoms with Crippen LogP contribution in [0, 0.1) is 0 Å². The smallest absolute Gasteiger partial charge is 0.136 e. The fourth-order valence-corrected chi connectivity index (χ4v) is 9.75. The van der Waals surface area contributed by atoms with E-state index in [1.165, 1.54) is 64.8 Å². The lowest BCUT2D eigenvalue weighted by Crippen LogP contribution is -2.16. The molecule has 3 heteroatoms. The van der Waals surface area contributed by atoms with Crippen LogP contribution in [0.2, 0.25) is 0 Å². The molecule has 0 unspecified atom stereocenters. The highest BCUT2D eigenvalue weighted by atomic mass is 32.1. The first-order chi connectivity index (χ1) is 26.5. The first kappa shape index (κ1) is 31.1. The quantitative estimate of drug-likeness (QED) is 0.177. The summed E-state index contributed by atoms with van der Waals surface area (Å²) in [7, 11) is 0. The van der Waals surface area contributed by atoms with Crippen LogP contribution in [0.1, 0.15) is 25.0 Å². The summed E-state index contributed by atoms with van der Waals surface area (Å²) in [6.45, 7) is 4.75. The van der Waals surface area contributed by atoms with Crippen molar-refractivity contribution < 1.29 is 4.42 Å². The van der Waals surface area contributed by atoms with Crippen molar-refractivity contribution in [3.05, 3.63) is 187 Å². The van der Waals surface area contributed by atoms with Crippen molar-refractivity contribution >= 4 is 70.5 Å². The van der Waals surface area contributed by atoms with Crippen LogP contribution in [0.4, 0.5) is 17.1 Å². The number of para-hydroxylation sites is 3. The summed E-state index contributed by atoms with van der Waals surface area (Å²) in [5.74, 6) is 0. The maximum absolute atomic E-state index is 6.24. The van der Waals surface area contributed by atoms with E-state index in [-0.39, 0.29) is 5.41 Å². The van der Waals surface area contributed by atoms with Gasteiger partial charge in [-0.1, -0.05) is 105 Å². The van der Waals surface area contributed by atoms with E-state index in [4.69, 9.17) is 4.42 Å². The number of furan rings is 1. The summed E-state index contributed by atoms with van der Waals surface area (Å²) in [6.07, 6.45) is 0. The number of nitrogens with zero attached hydrogens (tertiary/aromatic N) is 1. The van der Waals surface area contributed by atoms with E-state index in [2.05, 4.69) is 183 Å². The molecule has 256 valence electrons. The standard InChI is InChI=1S/C51H35NOS/c1-51(2)45-29-34(17-22-39(45)40-24-21-38(31-46(40)51)52(36-11-5-3-6-12-36)37-13-7-4-8-14-37)32-19-25-49-43(27-32)44-28-33(20-26-50(44)54-49)35-18-23-42-41-15-9-10-16-47(41)53-48(42)30-35/h3-31H,1-2H3. The van der Waals surface area contributed by atoms with E-state index in [0.29, 0.717) is 0 Å². The van der Waals surface area contributed by atoms with Crippen molar-refractivity contribution in [2.45, 2.75) is 19.3 Å². The Morgan fingerprint density at radius 1 is 0.407 bits per heavy atom. The Labute approximate surface area is 318 Å². The summed E-state index contributed by atoms with van der Waals surface area (Å²) >= 11 is 1.86. The Balaban J connectivity index is 0.969. The van der Waals surface area contributed by atoms with Gasteiger partial charge in [-0.15, -0.1) is 11.3 Å². The Morgan fingerprint density at radius 2 is 0.926 bits per heavy atom. The summed E-state index contributed by atoms with van der Waals surface area (Å²) in [5, 5.41) is 4.91.